The molecule has 0 amide bonds. The van der Waals surface area contributed by atoms with Gasteiger partial charge in [-0.3, -0.25) is 4.99 Å². The molecular weight excluding hydrogens is 228 g/mol. The topological polar surface area (TPSA) is 40.4 Å². The minimum atomic E-state index is 0.235. The number of hydrogen-bond donors (Lipinski definition) is 0. The second kappa shape index (κ2) is 6.07. The number of ether oxygens (including phenoxy) is 1. The van der Waals surface area contributed by atoms with E-state index in [4.69, 9.17) is 4.74 Å². The van der Waals surface area contributed by atoms with Crippen molar-refractivity contribution in [1.29, 1.82) is 0 Å². The minimum absolute atomic E-state index is 0.235. The predicted molar refractivity (Wildman–Crippen MR) is 74.3 cm³/mol. The lowest BCUT2D eigenvalue weighted by Gasteiger charge is -2.22. The first-order chi connectivity index (χ1) is 8.70. The molecular formula is C13H24N4O. The van der Waals surface area contributed by atoms with E-state index in [2.05, 4.69) is 28.9 Å². The Kier molecular flexibility index (Phi) is 4.44. The van der Waals surface area contributed by atoms with Crippen LogP contribution in [-0.2, 0) is 4.74 Å². The van der Waals surface area contributed by atoms with Crippen LogP contribution in [0.4, 0.5) is 0 Å². The first-order valence-corrected chi connectivity index (χ1v) is 6.87. The van der Waals surface area contributed by atoms with E-state index in [0.717, 1.165) is 45.0 Å². The van der Waals surface area contributed by atoms with Gasteiger partial charge < -0.3 is 14.5 Å². The molecule has 18 heavy (non-hydrogen) atoms. The smallest absolute Gasteiger partial charge is 0.287 e. The molecule has 0 N–H and O–H groups in total. The summed E-state index contributed by atoms with van der Waals surface area (Å²) in [6.07, 6.45) is 3.58. The fraction of sp³-hybridized carbons (Fsp3) is 0.846. The van der Waals surface area contributed by atoms with E-state index >= 15 is 0 Å². The van der Waals surface area contributed by atoms with Crippen LogP contribution in [0.3, 0.4) is 0 Å². The molecule has 0 saturated carbocycles. The fourth-order valence-corrected chi connectivity index (χ4v) is 2.20. The number of hydrogen-bond acceptors (Lipinski definition) is 5. The van der Waals surface area contributed by atoms with Crippen LogP contribution < -0.4 is 0 Å². The third-order valence-corrected chi connectivity index (χ3v) is 3.58. The molecule has 2 heterocycles. The van der Waals surface area contributed by atoms with Gasteiger partial charge in [0.25, 0.3) is 6.02 Å². The van der Waals surface area contributed by atoms with Crippen molar-refractivity contribution < 1.29 is 4.74 Å². The number of rotatable bonds is 4. The second-order valence-corrected chi connectivity index (χ2v) is 4.99. The number of amidine groups is 2. The molecule has 0 aromatic heterocycles. The lowest BCUT2D eigenvalue weighted by Crippen LogP contribution is -2.31. The van der Waals surface area contributed by atoms with Crippen LogP contribution in [0.15, 0.2) is 9.98 Å². The van der Waals surface area contributed by atoms with Gasteiger partial charge in [0.05, 0.1) is 12.4 Å². The largest absolute Gasteiger partial charge is 0.460 e. The van der Waals surface area contributed by atoms with E-state index in [-0.39, 0.29) is 6.10 Å². The van der Waals surface area contributed by atoms with Gasteiger partial charge in [0, 0.05) is 46.6 Å². The molecule has 0 fully saturated rings. The highest BCUT2D eigenvalue weighted by Gasteiger charge is 2.22. The van der Waals surface area contributed by atoms with Crippen molar-refractivity contribution in [3.8, 4) is 0 Å². The third-order valence-electron chi connectivity index (χ3n) is 3.58. The Morgan fingerprint density at radius 1 is 1.28 bits per heavy atom. The van der Waals surface area contributed by atoms with Crippen molar-refractivity contribution in [2.45, 2.75) is 32.3 Å². The average Bonchev–Trinajstić information content (AvgIpc) is 3.05. The second-order valence-electron chi connectivity index (χ2n) is 4.99. The fourth-order valence-electron chi connectivity index (χ4n) is 2.20. The lowest BCUT2D eigenvalue weighted by atomic mass is 10.2. The molecule has 0 spiro atoms. The van der Waals surface area contributed by atoms with Crippen molar-refractivity contribution in [3.05, 3.63) is 0 Å². The summed E-state index contributed by atoms with van der Waals surface area (Å²) in [5, 5.41) is 0. The summed E-state index contributed by atoms with van der Waals surface area (Å²) < 4.78 is 5.84. The van der Waals surface area contributed by atoms with Gasteiger partial charge in [-0.1, -0.05) is 0 Å². The summed E-state index contributed by atoms with van der Waals surface area (Å²) in [5.41, 5.74) is 0. The van der Waals surface area contributed by atoms with Gasteiger partial charge in [0.2, 0.25) is 0 Å². The van der Waals surface area contributed by atoms with Crippen LogP contribution in [0.5, 0.6) is 0 Å². The Morgan fingerprint density at radius 3 is 2.78 bits per heavy atom. The first-order valence-electron chi connectivity index (χ1n) is 6.87. The molecule has 0 aromatic rings. The molecule has 5 nitrogen and oxygen atoms in total. The highest BCUT2D eigenvalue weighted by Crippen LogP contribution is 2.13. The van der Waals surface area contributed by atoms with Gasteiger partial charge in [-0.25, -0.2) is 4.99 Å². The van der Waals surface area contributed by atoms with Crippen LogP contribution in [0.1, 0.15) is 26.2 Å². The van der Waals surface area contributed by atoms with Gasteiger partial charge >= 0.3 is 0 Å². The Bertz CT molecular complexity index is 340. The Balaban J connectivity index is 1.70. The van der Waals surface area contributed by atoms with E-state index in [1.165, 1.54) is 12.3 Å². The van der Waals surface area contributed by atoms with Gasteiger partial charge in [-0.15, -0.1) is 0 Å². The van der Waals surface area contributed by atoms with Crippen molar-refractivity contribution in [3.63, 3.8) is 0 Å². The molecule has 0 aromatic carbocycles. The van der Waals surface area contributed by atoms with E-state index in [1.807, 2.05) is 11.9 Å². The summed E-state index contributed by atoms with van der Waals surface area (Å²) >= 11 is 0. The van der Waals surface area contributed by atoms with E-state index in [1.54, 1.807) is 0 Å². The van der Waals surface area contributed by atoms with Crippen molar-refractivity contribution in [1.82, 2.24) is 9.80 Å². The van der Waals surface area contributed by atoms with Crippen LogP contribution in [0, 0.1) is 0 Å². The van der Waals surface area contributed by atoms with Gasteiger partial charge in [-0.2, -0.15) is 0 Å². The quantitative estimate of drug-likeness (QED) is 0.755. The predicted octanol–water partition coefficient (Wildman–Crippen LogP) is 1.21. The van der Waals surface area contributed by atoms with E-state index in [9.17, 15) is 0 Å². The normalized spacial score (nSPS) is 22.5. The Hall–Kier alpha value is -1.26. The summed E-state index contributed by atoms with van der Waals surface area (Å²) in [4.78, 5) is 13.2. The molecule has 1 atom stereocenters. The summed E-state index contributed by atoms with van der Waals surface area (Å²) in [6, 6.07) is 0.795. The van der Waals surface area contributed by atoms with Gasteiger partial charge in [-0.05, 0) is 13.3 Å². The van der Waals surface area contributed by atoms with Gasteiger partial charge in [0.1, 0.15) is 6.10 Å². The van der Waals surface area contributed by atoms with Crippen LogP contribution in [0.2, 0.25) is 0 Å². The van der Waals surface area contributed by atoms with Crippen LogP contribution in [-0.4, -0.2) is 68.0 Å². The SMILES string of the molecule is CCN(C)C1=NCC(CCN(C)C2=NCCC2)O1. The molecule has 2 rings (SSSR count). The molecule has 2 aliphatic heterocycles. The van der Waals surface area contributed by atoms with Crippen LogP contribution >= 0.6 is 0 Å². The minimum Gasteiger partial charge on any atom is -0.460 e. The molecule has 5 heteroatoms. The molecule has 1 unspecified atom stereocenters. The number of aliphatic imine (C=N–C) groups is 2. The molecule has 102 valence electrons. The zero-order valence-corrected chi connectivity index (χ0v) is 11.7. The first kappa shape index (κ1) is 13.2. The van der Waals surface area contributed by atoms with Crippen molar-refractivity contribution >= 4 is 11.9 Å². The van der Waals surface area contributed by atoms with Crippen molar-refractivity contribution in [2.24, 2.45) is 9.98 Å². The monoisotopic (exact) mass is 252 g/mol. The molecule has 0 radical (unpaired) electrons. The summed E-state index contributed by atoms with van der Waals surface area (Å²) in [6.45, 7) is 5.82. The highest BCUT2D eigenvalue weighted by atomic mass is 16.5. The molecule has 0 aliphatic carbocycles. The molecule has 2 aliphatic rings. The zero-order valence-electron chi connectivity index (χ0n) is 11.7. The van der Waals surface area contributed by atoms with Crippen molar-refractivity contribution in [2.75, 3.05) is 40.3 Å². The highest BCUT2D eigenvalue weighted by molar-refractivity contribution is 5.83. The average molecular weight is 252 g/mol. The summed E-state index contributed by atoms with van der Waals surface area (Å²) in [7, 11) is 4.14. The van der Waals surface area contributed by atoms with E-state index < -0.39 is 0 Å². The standard InChI is InChI=1S/C13H24N4O/c1-4-16(2)13-15-10-11(18-13)7-9-17(3)12-6-5-8-14-12/h11H,4-10H2,1-3H3. The third kappa shape index (κ3) is 3.15. The molecule has 0 bridgehead atoms. The zero-order chi connectivity index (χ0) is 13.0. The summed E-state index contributed by atoms with van der Waals surface area (Å²) in [5.74, 6) is 1.25. The maximum atomic E-state index is 5.84. The Labute approximate surface area is 110 Å². The maximum Gasteiger partial charge on any atom is 0.287 e. The Morgan fingerprint density at radius 2 is 2.11 bits per heavy atom. The number of nitrogens with zero attached hydrogens (tertiary/aromatic N) is 4. The van der Waals surface area contributed by atoms with Gasteiger partial charge in [0.15, 0.2) is 0 Å². The maximum absolute atomic E-state index is 5.84. The molecule has 0 saturated heterocycles. The van der Waals surface area contributed by atoms with Crippen LogP contribution in [0.25, 0.3) is 0 Å². The lowest BCUT2D eigenvalue weighted by molar-refractivity contribution is 0.175. The van der Waals surface area contributed by atoms with E-state index in [0.29, 0.717) is 0 Å².